The van der Waals surface area contributed by atoms with Gasteiger partial charge in [0.15, 0.2) is 0 Å². The molecule has 3 N–H and O–H groups in total. The minimum absolute atomic E-state index is 0.284. The predicted molar refractivity (Wildman–Crippen MR) is 68.1 cm³/mol. The number of H-pyrrole nitrogens is 1. The number of aromatic nitrogens is 1. The van der Waals surface area contributed by atoms with Crippen molar-refractivity contribution in [2.24, 2.45) is 0 Å². The first-order valence-electron chi connectivity index (χ1n) is 5.37. The molecule has 0 fully saturated rings. The number of nitrogens with two attached hydrogens (primary N) is 1. The van der Waals surface area contributed by atoms with Crippen LogP contribution >= 0.6 is 0 Å². The van der Waals surface area contributed by atoms with Crippen LogP contribution in [-0.2, 0) is 0 Å². The van der Waals surface area contributed by atoms with Gasteiger partial charge in [-0.15, -0.1) is 0 Å². The van der Waals surface area contributed by atoms with Crippen molar-refractivity contribution >= 4 is 16.6 Å². The zero-order chi connectivity index (χ0) is 11.8. The average molecular weight is 226 g/mol. The van der Waals surface area contributed by atoms with Gasteiger partial charge in [0.25, 0.3) is 0 Å². The van der Waals surface area contributed by atoms with E-state index in [2.05, 4.69) is 4.98 Å². The van der Waals surface area contributed by atoms with Gasteiger partial charge in [-0.1, -0.05) is 18.2 Å². The summed E-state index contributed by atoms with van der Waals surface area (Å²) >= 11 is 0. The number of nitrogens with one attached hydrogen (secondary N) is 1. The van der Waals surface area contributed by atoms with Gasteiger partial charge in [0, 0.05) is 27.8 Å². The van der Waals surface area contributed by atoms with Gasteiger partial charge in [-0.05, 0) is 30.3 Å². The average Bonchev–Trinajstić information content (AvgIpc) is 2.75. The largest absolute Gasteiger partial charge is 0.398 e. The summed E-state index contributed by atoms with van der Waals surface area (Å²) in [6.07, 6.45) is 0. The van der Waals surface area contributed by atoms with E-state index < -0.39 is 0 Å². The van der Waals surface area contributed by atoms with E-state index in [0.717, 1.165) is 16.6 Å². The Morgan fingerprint density at radius 3 is 2.65 bits per heavy atom. The molecule has 3 aromatic rings. The maximum Gasteiger partial charge on any atom is 0.124 e. The molecular weight excluding hydrogens is 215 g/mol. The Labute approximate surface area is 97.9 Å². The highest BCUT2D eigenvalue weighted by Crippen LogP contribution is 2.28. The van der Waals surface area contributed by atoms with Crippen LogP contribution < -0.4 is 5.73 Å². The zero-order valence-electron chi connectivity index (χ0n) is 9.07. The Hall–Kier alpha value is -2.29. The van der Waals surface area contributed by atoms with Crippen molar-refractivity contribution in [3.8, 4) is 11.3 Å². The second kappa shape index (κ2) is 3.63. The minimum Gasteiger partial charge on any atom is -0.398 e. The normalized spacial score (nSPS) is 10.9. The molecule has 0 spiro atoms. The van der Waals surface area contributed by atoms with E-state index in [1.165, 1.54) is 12.1 Å². The van der Waals surface area contributed by atoms with Crippen LogP contribution in [0.25, 0.3) is 22.2 Å². The Bertz CT molecular complexity index is 653. The van der Waals surface area contributed by atoms with Crippen LogP contribution in [0.2, 0.25) is 0 Å². The summed E-state index contributed by atoms with van der Waals surface area (Å²) in [5.74, 6) is -0.284. The van der Waals surface area contributed by atoms with Gasteiger partial charge < -0.3 is 10.7 Å². The summed E-state index contributed by atoms with van der Waals surface area (Å²) in [5.41, 5.74) is 8.98. The first-order valence-corrected chi connectivity index (χ1v) is 5.37. The Balaban J connectivity index is 2.23. The number of hydrogen-bond acceptors (Lipinski definition) is 1. The van der Waals surface area contributed by atoms with Crippen LogP contribution in [0.1, 0.15) is 0 Å². The number of nitrogen functional groups attached to an aromatic ring is 1. The minimum atomic E-state index is -0.284. The SMILES string of the molecule is Nc1ccc(F)cc1-c1cc2ccccc2[nH]1. The molecule has 0 aliphatic rings. The van der Waals surface area contributed by atoms with E-state index >= 15 is 0 Å². The van der Waals surface area contributed by atoms with Gasteiger partial charge in [0.2, 0.25) is 0 Å². The molecule has 2 aromatic carbocycles. The van der Waals surface area contributed by atoms with Gasteiger partial charge in [0.1, 0.15) is 5.82 Å². The third-order valence-electron chi connectivity index (χ3n) is 2.84. The van der Waals surface area contributed by atoms with Crippen molar-refractivity contribution < 1.29 is 4.39 Å². The molecule has 0 saturated carbocycles. The molecule has 3 rings (SSSR count). The fourth-order valence-corrected chi connectivity index (χ4v) is 1.98. The first kappa shape index (κ1) is 9.90. The van der Waals surface area contributed by atoms with E-state index in [4.69, 9.17) is 5.73 Å². The lowest BCUT2D eigenvalue weighted by Gasteiger charge is -2.02. The smallest absolute Gasteiger partial charge is 0.124 e. The van der Waals surface area contributed by atoms with Crippen molar-refractivity contribution in [1.82, 2.24) is 4.98 Å². The molecule has 1 heterocycles. The van der Waals surface area contributed by atoms with Crippen molar-refractivity contribution in [3.63, 3.8) is 0 Å². The van der Waals surface area contributed by atoms with E-state index in [1.807, 2.05) is 30.3 Å². The number of para-hydroxylation sites is 1. The lowest BCUT2D eigenvalue weighted by molar-refractivity contribution is 0.628. The lowest BCUT2D eigenvalue weighted by Crippen LogP contribution is -1.90. The van der Waals surface area contributed by atoms with Crippen molar-refractivity contribution in [2.45, 2.75) is 0 Å². The molecule has 1 aromatic heterocycles. The molecule has 0 atom stereocenters. The van der Waals surface area contributed by atoms with Crippen LogP contribution in [0.5, 0.6) is 0 Å². The fraction of sp³-hybridized carbons (Fsp3) is 0. The Morgan fingerprint density at radius 1 is 1.00 bits per heavy atom. The number of anilines is 1. The third kappa shape index (κ3) is 1.65. The van der Waals surface area contributed by atoms with Gasteiger partial charge in [-0.3, -0.25) is 0 Å². The van der Waals surface area contributed by atoms with Crippen molar-refractivity contribution in [1.29, 1.82) is 0 Å². The molecule has 84 valence electrons. The summed E-state index contributed by atoms with van der Waals surface area (Å²) in [6.45, 7) is 0. The highest BCUT2D eigenvalue weighted by Gasteiger charge is 2.07. The Morgan fingerprint density at radius 2 is 1.82 bits per heavy atom. The van der Waals surface area contributed by atoms with Crippen LogP contribution in [-0.4, -0.2) is 4.98 Å². The van der Waals surface area contributed by atoms with Crippen LogP contribution in [0.3, 0.4) is 0 Å². The maximum atomic E-state index is 13.2. The highest BCUT2D eigenvalue weighted by molar-refractivity contribution is 5.88. The van der Waals surface area contributed by atoms with E-state index in [1.54, 1.807) is 6.07 Å². The van der Waals surface area contributed by atoms with Gasteiger partial charge in [0.05, 0.1) is 0 Å². The van der Waals surface area contributed by atoms with Crippen LogP contribution in [0, 0.1) is 5.82 Å². The van der Waals surface area contributed by atoms with E-state index in [9.17, 15) is 4.39 Å². The number of fused-ring (bicyclic) bond motifs is 1. The van der Waals surface area contributed by atoms with Crippen molar-refractivity contribution in [2.75, 3.05) is 5.73 Å². The number of halogens is 1. The fourth-order valence-electron chi connectivity index (χ4n) is 1.98. The van der Waals surface area contributed by atoms with Crippen molar-refractivity contribution in [3.05, 3.63) is 54.3 Å². The number of hydrogen-bond donors (Lipinski definition) is 2. The zero-order valence-corrected chi connectivity index (χ0v) is 9.07. The first-order chi connectivity index (χ1) is 8.24. The lowest BCUT2D eigenvalue weighted by atomic mass is 10.1. The molecule has 2 nitrogen and oxygen atoms in total. The molecule has 0 bridgehead atoms. The quantitative estimate of drug-likeness (QED) is 0.612. The molecule has 0 amide bonds. The molecule has 0 radical (unpaired) electrons. The molecular formula is C14H11FN2. The van der Waals surface area contributed by atoms with Gasteiger partial charge in [-0.25, -0.2) is 4.39 Å². The molecule has 0 aliphatic carbocycles. The maximum absolute atomic E-state index is 13.2. The summed E-state index contributed by atoms with van der Waals surface area (Å²) < 4.78 is 13.2. The molecule has 0 aliphatic heterocycles. The van der Waals surface area contributed by atoms with E-state index in [0.29, 0.717) is 11.3 Å². The summed E-state index contributed by atoms with van der Waals surface area (Å²) in [7, 11) is 0. The monoisotopic (exact) mass is 226 g/mol. The Kier molecular flexibility index (Phi) is 2.11. The third-order valence-corrected chi connectivity index (χ3v) is 2.84. The second-order valence-corrected chi connectivity index (χ2v) is 4.00. The summed E-state index contributed by atoms with van der Waals surface area (Å²) in [4.78, 5) is 3.23. The number of rotatable bonds is 1. The highest BCUT2D eigenvalue weighted by atomic mass is 19.1. The molecule has 3 heteroatoms. The van der Waals surface area contributed by atoms with Crippen LogP contribution in [0.4, 0.5) is 10.1 Å². The van der Waals surface area contributed by atoms with E-state index in [-0.39, 0.29) is 5.82 Å². The molecule has 0 saturated heterocycles. The second-order valence-electron chi connectivity index (χ2n) is 4.00. The standard InChI is InChI=1S/C14H11FN2/c15-10-5-6-12(16)11(8-10)14-7-9-3-1-2-4-13(9)17-14/h1-8,17H,16H2. The van der Waals surface area contributed by atoms with Gasteiger partial charge in [-0.2, -0.15) is 0 Å². The number of benzene rings is 2. The number of aromatic amines is 1. The molecule has 0 unspecified atom stereocenters. The van der Waals surface area contributed by atoms with Gasteiger partial charge >= 0.3 is 0 Å². The summed E-state index contributed by atoms with van der Waals surface area (Å²) in [5, 5.41) is 1.09. The molecule has 17 heavy (non-hydrogen) atoms. The topological polar surface area (TPSA) is 41.8 Å². The summed E-state index contributed by atoms with van der Waals surface area (Å²) in [6, 6.07) is 14.3. The van der Waals surface area contributed by atoms with Crippen LogP contribution in [0.15, 0.2) is 48.5 Å². The predicted octanol–water partition coefficient (Wildman–Crippen LogP) is 3.56.